The molecule has 1 aliphatic rings. The van der Waals surface area contributed by atoms with Crippen molar-refractivity contribution in [3.63, 3.8) is 0 Å². The highest BCUT2D eigenvalue weighted by Gasteiger charge is 2.27. The van der Waals surface area contributed by atoms with Crippen molar-refractivity contribution in [1.29, 1.82) is 0 Å². The van der Waals surface area contributed by atoms with Crippen LogP contribution >= 0.6 is 0 Å². The molecule has 1 aromatic carbocycles. The van der Waals surface area contributed by atoms with Gasteiger partial charge in [0.05, 0.1) is 0 Å². The first kappa shape index (κ1) is 10.6. The number of nitrogens with zero attached hydrogens (tertiary/aromatic N) is 1. The van der Waals surface area contributed by atoms with E-state index in [-0.39, 0.29) is 0 Å². The van der Waals surface area contributed by atoms with Gasteiger partial charge < -0.3 is 0 Å². The fourth-order valence-electron chi connectivity index (χ4n) is 1.57. The molecule has 1 aliphatic heterocycles. The highest BCUT2D eigenvalue weighted by atomic mass is 32.2. The lowest BCUT2D eigenvalue weighted by atomic mass is 10.1. The predicted molar refractivity (Wildman–Crippen MR) is 58.5 cm³/mol. The van der Waals surface area contributed by atoms with Crippen molar-refractivity contribution < 1.29 is 8.42 Å². The predicted octanol–water partition coefficient (Wildman–Crippen LogP) is 0.645. The van der Waals surface area contributed by atoms with Crippen LogP contribution in [0.4, 0.5) is 0 Å². The van der Waals surface area contributed by atoms with Crippen LogP contribution in [0.3, 0.4) is 0 Å². The molecule has 0 radical (unpaired) electrons. The maximum Gasteiger partial charge on any atom is 0.279 e. The first-order chi connectivity index (χ1) is 7.08. The molecule has 0 amide bonds. The van der Waals surface area contributed by atoms with Crippen LogP contribution in [0.25, 0.3) is 0 Å². The summed E-state index contributed by atoms with van der Waals surface area (Å²) in [5.41, 5.74) is 2.20. The molecule has 0 spiro atoms. The van der Waals surface area contributed by atoms with Gasteiger partial charge in [0.2, 0.25) is 0 Å². The second kappa shape index (κ2) is 3.92. The quantitative estimate of drug-likeness (QED) is 0.804. The molecule has 1 aromatic rings. The molecule has 0 aromatic heterocycles. The molecule has 0 saturated carbocycles. The number of hydrogen-bond donors (Lipinski definition) is 1. The summed E-state index contributed by atoms with van der Waals surface area (Å²) in [5, 5.41) is 0. The SMILES string of the molecule is Cc1ccc(CN2CCNS2(=O)=O)cc1. The van der Waals surface area contributed by atoms with Crippen LogP contribution in [-0.2, 0) is 16.8 Å². The highest BCUT2D eigenvalue weighted by molar-refractivity contribution is 7.87. The Kier molecular flexibility index (Phi) is 2.77. The monoisotopic (exact) mass is 226 g/mol. The molecule has 0 aliphatic carbocycles. The van der Waals surface area contributed by atoms with Crippen molar-refractivity contribution in [1.82, 2.24) is 9.03 Å². The van der Waals surface area contributed by atoms with Crippen molar-refractivity contribution in [2.45, 2.75) is 13.5 Å². The van der Waals surface area contributed by atoms with E-state index in [1.165, 1.54) is 9.87 Å². The van der Waals surface area contributed by atoms with E-state index in [1.54, 1.807) is 0 Å². The second-order valence-electron chi connectivity index (χ2n) is 3.72. The minimum absolute atomic E-state index is 0.454. The Labute approximate surface area is 90.1 Å². The molecular formula is C10H14N2O2S. The van der Waals surface area contributed by atoms with Gasteiger partial charge in [-0.05, 0) is 12.5 Å². The van der Waals surface area contributed by atoms with Gasteiger partial charge in [0, 0.05) is 19.6 Å². The number of rotatable bonds is 2. The summed E-state index contributed by atoms with van der Waals surface area (Å²) in [6.07, 6.45) is 0. The lowest BCUT2D eigenvalue weighted by molar-refractivity contribution is 0.446. The Morgan fingerprint density at radius 2 is 2.00 bits per heavy atom. The van der Waals surface area contributed by atoms with Crippen molar-refractivity contribution in [2.75, 3.05) is 13.1 Å². The Bertz CT molecular complexity index is 439. The maximum absolute atomic E-state index is 11.4. The zero-order chi connectivity index (χ0) is 10.9. The van der Waals surface area contributed by atoms with Gasteiger partial charge in [0.1, 0.15) is 0 Å². The van der Waals surface area contributed by atoms with Gasteiger partial charge in [-0.3, -0.25) is 0 Å². The molecule has 5 heteroatoms. The fourth-order valence-corrected chi connectivity index (χ4v) is 2.75. The molecule has 2 rings (SSSR count). The largest absolute Gasteiger partial charge is 0.279 e. The molecule has 15 heavy (non-hydrogen) atoms. The summed E-state index contributed by atoms with van der Waals surface area (Å²) in [7, 11) is -3.21. The second-order valence-corrected chi connectivity index (χ2v) is 5.47. The van der Waals surface area contributed by atoms with Crippen molar-refractivity contribution in [3.8, 4) is 0 Å². The molecule has 0 unspecified atom stereocenters. The van der Waals surface area contributed by atoms with Gasteiger partial charge in [-0.25, -0.2) is 4.72 Å². The summed E-state index contributed by atoms with van der Waals surface area (Å²) < 4.78 is 26.8. The van der Waals surface area contributed by atoms with Gasteiger partial charge in [0.25, 0.3) is 10.2 Å². The van der Waals surface area contributed by atoms with Crippen LogP contribution in [0.2, 0.25) is 0 Å². The molecule has 4 nitrogen and oxygen atoms in total. The lowest BCUT2D eigenvalue weighted by Crippen LogP contribution is -2.28. The zero-order valence-corrected chi connectivity index (χ0v) is 9.42. The van der Waals surface area contributed by atoms with Crippen LogP contribution < -0.4 is 4.72 Å². The number of benzene rings is 1. The van der Waals surface area contributed by atoms with Gasteiger partial charge in [0.15, 0.2) is 0 Å². The third kappa shape index (κ3) is 2.37. The number of hydrogen-bond acceptors (Lipinski definition) is 2. The number of nitrogens with one attached hydrogen (secondary N) is 1. The Morgan fingerprint density at radius 1 is 1.33 bits per heavy atom. The van der Waals surface area contributed by atoms with Crippen molar-refractivity contribution in [3.05, 3.63) is 35.4 Å². The van der Waals surface area contributed by atoms with Gasteiger partial charge in [-0.2, -0.15) is 12.7 Å². The van der Waals surface area contributed by atoms with Crippen molar-refractivity contribution in [2.24, 2.45) is 0 Å². The average molecular weight is 226 g/mol. The minimum Gasteiger partial charge on any atom is -0.201 e. The molecule has 0 bridgehead atoms. The standard InChI is InChI=1S/C10H14N2O2S/c1-9-2-4-10(5-3-9)8-12-7-6-11-15(12,13)14/h2-5,11H,6-8H2,1H3. The molecule has 0 atom stereocenters. The van der Waals surface area contributed by atoms with Crippen LogP contribution in [0.1, 0.15) is 11.1 Å². The normalized spacial score (nSPS) is 20.6. The van der Waals surface area contributed by atoms with E-state index in [0.29, 0.717) is 19.6 Å². The molecule has 1 saturated heterocycles. The third-order valence-corrected chi connectivity index (χ3v) is 4.03. The van der Waals surface area contributed by atoms with E-state index in [0.717, 1.165) is 5.56 Å². The summed E-state index contributed by atoms with van der Waals surface area (Å²) in [5.74, 6) is 0. The maximum atomic E-state index is 11.4. The van der Waals surface area contributed by atoms with Crippen LogP contribution in [0, 0.1) is 6.92 Å². The average Bonchev–Trinajstić information content (AvgIpc) is 2.50. The van der Waals surface area contributed by atoms with Gasteiger partial charge in [-0.1, -0.05) is 29.8 Å². The third-order valence-electron chi connectivity index (χ3n) is 2.47. The van der Waals surface area contributed by atoms with Crippen molar-refractivity contribution >= 4 is 10.2 Å². The molecule has 1 fully saturated rings. The summed E-state index contributed by atoms with van der Waals surface area (Å²) in [6.45, 7) is 3.53. The van der Waals surface area contributed by atoms with Gasteiger partial charge >= 0.3 is 0 Å². The Morgan fingerprint density at radius 3 is 2.53 bits per heavy atom. The van der Waals surface area contributed by atoms with E-state index in [2.05, 4.69) is 4.72 Å². The topological polar surface area (TPSA) is 49.4 Å². The van der Waals surface area contributed by atoms with Crippen LogP contribution in [0.5, 0.6) is 0 Å². The first-order valence-electron chi connectivity index (χ1n) is 4.88. The summed E-state index contributed by atoms with van der Waals surface area (Å²) in [4.78, 5) is 0. The fraction of sp³-hybridized carbons (Fsp3) is 0.400. The summed E-state index contributed by atoms with van der Waals surface area (Å²) in [6, 6.07) is 7.91. The Balaban J connectivity index is 2.12. The Hall–Kier alpha value is -0.910. The molecule has 1 N–H and O–H groups in total. The van der Waals surface area contributed by atoms with E-state index in [1.807, 2.05) is 31.2 Å². The first-order valence-corrected chi connectivity index (χ1v) is 6.32. The van der Waals surface area contributed by atoms with E-state index in [4.69, 9.17) is 0 Å². The van der Waals surface area contributed by atoms with Crippen LogP contribution in [-0.4, -0.2) is 25.8 Å². The van der Waals surface area contributed by atoms with Gasteiger partial charge in [-0.15, -0.1) is 0 Å². The van der Waals surface area contributed by atoms with E-state index >= 15 is 0 Å². The smallest absolute Gasteiger partial charge is 0.201 e. The zero-order valence-electron chi connectivity index (χ0n) is 8.60. The van der Waals surface area contributed by atoms with Crippen LogP contribution in [0.15, 0.2) is 24.3 Å². The highest BCUT2D eigenvalue weighted by Crippen LogP contribution is 2.11. The van der Waals surface area contributed by atoms with E-state index in [9.17, 15) is 8.42 Å². The lowest BCUT2D eigenvalue weighted by Gasteiger charge is -2.13. The minimum atomic E-state index is -3.21. The molecular weight excluding hydrogens is 212 g/mol. The molecule has 82 valence electrons. The summed E-state index contributed by atoms with van der Waals surface area (Å²) >= 11 is 0. The van der Waals surface area contributed by atoms with E-state index < -0.39 is 10.2 Å². The number of aryl methyl sites for hydroxylation is 1. The molecule has 1 heterocycles.